The molecule has 0 saturated heterocycles. The Hall–Kier alpha value is -1.92. The van der Waals surface area contributed by atoms with E-state index in [4.69, 9.17) is 16.2 Å². The third kappa shape index (κ3) is 2.84. The van der Waals surface area contributed by atoms with Crippen LogP contribution in [0.4, 0.5) is 5.82 Å². The molecule has 0 amide bonds. The van der Waals surface area contributed by atoms with Gasteiger partial charge in [-0.2, -0.15) is 0 Å². The Labute approximate surface area is 133 Å². The Morgan fingerprint density at radius 3 is 2.91 bits per heavy atom. The van der Waals surface area contributed by atoms with Gasteiger partial charge in [0.2, 0.25) is 0 Å². The summed E-state index contributed by atoms with van der Waals surface area (Å²) in [7, 11) is 0. The molecule has 0 radical (unpaired) electrons. The average Bonchev–Trinajstić information content (AvgIpc) is 2.92. The van der Waals surface area contributed by atoms with E-state index in [0.717, 1.165) is 51.1 Å². The molecule has 0 atom stereocenters. The number of thiazole rings is 1. The van der Waals surface area contributed by atoms with E-state index in [9.17, 15) is 0 Å². The summed E-state index contributed by atoms with van der Waals surface area (Å²) in [5.74, 6) is 1.28. The van der Waals surface area contributed by atoms with E-state index in [0.29, 0.717) is 19.0 Å². The predicted molar refractivity (Wildman–Crippen MR) is 92.5 cm³/mol. The van der Waals surface area contributed by atoms with Crippen LogP contribution in [-0.2, 0) is 6.42 Å². The number of nitrogen functional groups attached to an aromatic ring is 1. The zero-order valence-corrected chi connectivity index (χ0v) is 13.4. The Morgan fingerprint density at radius 1 is 1.27 bits per heavy atom. The van der Waals surface area contributed by atoms with E-state index in [2.05, 4.69) is 16.9 Å². The van der Waals surface area contributed by atoms with E-state index < -0.39 is 0 Å². The molecule has 0 aliphatic rings. The van der Waals surface area contributed by atoms with E-state index in [1.165, 1.54) is 0 Å². The number of aromatic nitrogens is 2. The molecule has 1 aromatic carbocycles. The fourth-order valence-corrected chi connectivity index (χ4v) is 3.59. The van der Waals surface area contributed by atoms with Crippen molar-refractivity contribution in [1.82, 2.24) is 9.97 Å². The minimum Gasteiger partial charge on any atom is -0.493 e. The van der Waals surface area contributed by atoms with Gasteiger partial charge in [-0.05, 0) is 37.9 Å². The standard InChI is InChI=1S/C16H20N4OS/c1-2-4-13-20-14-15(22-13)11-6-5-10(21-8-3-7-17)9-12(11)19-16(14)18/h5-6,9H,2-4,7-8,17H2,1H3,(H2,18,19). The summed E-state index contributed by atoms with van der Waals surface area (Å²) in [4.78, 5) is 9.10. The number of rotatable bonds is 6. The van der Waals surface area contributed by atoms with E-state index >= 15 is 0 Å². The fraction of sp³-hybridized carbons (Fsp3) is 0.375. The van der Waals surface area contributed by atoms with Gasteiger partial charge in [-0.15, -0.1) is 11.3 Å². The van der Waals surface area contributed by atoms with Crippen molar-refractivity contribution in [3.63, 3.8) is 0 Å². The highest BCUT2D eigenvalue weighted by Crippen LogP contribution is 2.34. The van der Waals surface area contributed by atoms with Gasteiger partial charge >= 0.3 is 0 Å². The number of nitrogens with two attached hydrogens (primary N) is 2. The van der Waals surface area contributed by atoms with Crippen molar-refractivity contribution in [1.29, 1.82) is 0 Å². The van der Waals surface area contributed by atoms with Gasteiger partial charge in [0.1, 0.15) is 11.3 Å². The minimum atomic E-state index is 0.486. The highest BCUT2D eigenvalue weighted by atomic mass is 32.1. The zero-order chi connectivity index (χ0) is 15.5. The van der Waals surface area contributed by atoms with E-state index in [1.807, 2.05) is 18.2 Å². The summed E-state index contributed by atoms with van der Waals surface area (Å²) in [5, 5.41) is 2.19. The molecular weight excluding hydrogens is 296 g/mol. The molecule has 0 aliphatic carbocycles. The highest BCUT2D eigenvalue weighted by molar-refractivity contribution is 7.19. The van der Waals surface area contributed by atoms with Gasteiger partial charge in [-0.1, -0.05) is 6.92 Å². The summed E-state index contributed by atoms with van der Waals surface area (Å²) >= 11 is 1.70. The molecule has 4 N–H and O–H groups in total. The number of anilines is 1. The SMILES string of the molecule is CCCc1nc2c(N)nc3cc(OCCCN)ccc3c2s1. The largest absolute Gasteiger partial charge is 0.493 e. The minimum absolute atomic E-state index is 0.486. The first-order valence-electron chi connectivity index (χ1n) is 7.54. The number of hydrogen-bond acceptors (Lipinski definition) is 6. The lowest BCUT2D eigenvalue weighted by Gasteiger charge is -2.07. The molecule has 2 heterocycles. The van der Waals surface area contributed by atoms with Crippen molar-refractivity contribution in [2.45, 2.75) is 26.2 Å². The van der Waals surface area contributed by atoms with E-state index in [1.54, 1.807) is 11.3 Å². The molecule has 0 unspecified atom stereocenters. The molecular formula is C16H20N4OS. The molecule has 116 valence electrons. The molecule has 0 saturated carbocycles. The van der Waals surface area contributed by atoms with E-state index in [-0.39, 0.29) is 0 Å². The molecule has 6 heteroatoms. The van der Waals surface area contributed by atoms with Crippen LogP contribution in [0.15, 0.2) is 18.2 Å². The van der Waals surface area contributed by atoms with Crippen molar-refractivity contribution in [3.8, 4) is 5.75 Å². The van der Waals surface area contributed by atoms with Crippen LogP contribution in [0.2, 0.25) is 0 Å². The smallest absolute Gasteiger partial charge is 0.151 e. The van der Waals surface area contributed by atoms with Crippen molar-refractivity contribution >= 4 is 38.3 Å². The number of pyridine rings is 1. The van der Waals surface area contributed by atoms with Crippen molar-refractivity contribution < 1.29 is 4.74 Å². The second-order valence-corrected chi connectivity index (χ2v) is 6.29. The van der Waals surface area contributed by atoms with Gasteiger partial charge < -0.3 is 16.2 Å². The van der Waals surface area contributed by atoms with Gasteiger partial charge in [0, 0.05) is 11.5 Å². The third-order valence-electron chi connectivity index (χ3n) is 3.45. The summed E-state index contributed by atoms with van der Waals surface area (Å²) in [6, 6.07) is 5.94. The maximum Gasteiger partial charge on any atom is 0.151 e. The molecule has 3 aromatic rings. The van der Waals surface area contributed by atoms with Crippen LogP contribution in [0.25, 0.3) is 21.1 Å². The molecule has 3 rings (SSSR count). The Morgan fingerprint density at radius 2 is 2.14 bits per heavy atom. The topological polar surface area (TPSA) is 87.0 Å². The molecule has 0 spiro atoms. The van der Waals surface area contributed by atoms with Crippen molar-refractivity contribution in [2.24, 2.45) is 5.73 Å². The van der Waals surface area contributed by atoms with Crippen LogP contribution in [-0.4, -0.2) is 23.1 Å². The maximum absolute atomic E-state index is 6.08. The van der Waals surface area contributed by atoms with Gasteiger partial charge in [-0.3, -0.25) is 0 Å². The maximum atomic E-state index is 6.08. The Kier molecular flexibility index (Phi) is 4.40. The van der Waals surface area contributed by atoms with Crippen LogP contribution < -0.4 is 16.2 Å². The van der Waals surface area contributed by atoms with Crippen LogP contribution in [0, 0.1) is 0 Å². The fourth-order valence-electron chi connectivity index (χ4n) is 2.38. The number of hydrogen-bond donors (Lipinski definition) is 2. The first kappa shape index (κ1) is 15.0. The molecule has 0 bridgehead atoms. The normalized spacial score (nSPS) is 11.4. The molecule has 2 aromatic heterocycles. The number of aryl methyl sites for hydroxylation is 1. The summed E-state index contributed by atoms with van der Waals surface area (Å²) in [5.41, 5.74) is 13.2. The lowest BCUT2D eigenvalue weighted by Crippen LogP contribution is -2.06. The van der Waals surface area contributed by atoms with Gasteiger partial charge in [0.25, 0.3) is 0 Å². The molecule has 0 fully saturated rings. The predicted octanol–water partition coefficient (Wildman–Crippen LogP) is 3.11. The van der Waals surface area contributed by atoms with Gasteiger partial charge in [0.15, 0.2) is 5.82 Å². The first-order valence-corrected chi connectivity index (χ1v) is 8.36. The number of ether oxygens (including phenoxy) is 1. The second kappa shape index (κ2) is 6.46. The summed E-state index contributed by atoms with van der Waals surface area (Å²) in [6.45, 7) is 3.39. The average molecular weight is 316 g/mol. The molecule has 22 heavy (non-hydrogen) atoms. The first-order chi connectivity index (χ1) is 10.7. The van der Waals surface area contributed by atoms with Crippen molar-refractivity contribution in [2.75, 3.05) is 18.9 Å². The lowest BCUT2D eigenvalue weighted by molar-refractivity contribution is 0.314. The van der Waals surface area contributed by atoms with Gasteiger partial charge in [0.05, 0.1) is 21.8 Å². The van der Waals surface area contributed by atoms with Crippen LogP contribution in [0.3, 0.4) is 0 Å². The quantitative estimate of drug-likeness (QED) is 0.682. The third-order valence-corrected chi connectivity index (χ3v) is 4.60. The van der Waals surface area contributed by atoms with Crippen LogP contribution in [0.1, 0.15) is 24.8 Å². The molecule has 5 nitrogen and oxygen atoms in total. The second-order valence-electron chi connectivity index (χ2n) is 5.20. The van der Waals surface area contributed by atoms with Crippen LogP contribution >= 0.6 is 11.3 Å². The van der Waals surface area contributed by atoms with Gasteiger partial charge in [-0.25, -0.2) is 9.97 Å². The summed E-state index contributed by atoms with van der Waals surface area (Å²) < 4.78 is 6.79. The van der Waals surface area contributed by atoms with Crippen molar-refractivity contribution in [3.05, 3.63) is 23.2 Å². The monoisotopic (exact) mass is 316 g/mol. The molecule has 0 aliphatic heterocycles. The zero-order valence-electron chi connectivity index (χ0n) is 12.6. The summed E-state index contributed by atoms with van der Waals surface area (Å²) in [6.07, 6.45) is 2.88. The Balaban J connectivity index is 2.04. The Bertz CT molecular complexity index is 800. The lowest BCUT2D eigenvalue weighted by atomic mass is 10.2. The number of nitrogens with zero attached hydrogens (tertiary/aromatic N) is 2. The number of benzene rings is 1. The van der Waals surface area contributed by atoms with Crippen LogP contribution in [0.5, 0.6) is 5.75 Å². The highest BCUT2D eigenvalue weighted by Gasteiger charge is 2.12. The number of fused-ring (bicyclic) bond motifs is 3.